The van der Waals surface area contributed by atoms with Crippen molar-refractivity contribution in [2.45, 2.75) is 18.7 Å². The maximum Gasteiger partial charge on any atom is 0.329 e. The van der Waals surface area contributed by atoms with Gasteiger partial charge in [0.05, 0.1) is 5.37 Å². The molecule has 2 N–H and O–H groups in total. The minimum atomic E-state index is -0.369. The van der Waals surface area contributed by atoms with Crippen LogP contribution in [-0.4, -0.2) is 27.0 Å². The van der Waals surface area contributed by atoms with Gasteiger partial charge in [-0.3, -0.25) is 14.3 Å². The second-order valence-electron chi connectivity index (χ2n) is 4.05. The third-order valence-electron chi connectivity index (χ3n) is 2.77. The van der Waals surface area contributed by atoms with Crippen molar-refractivity contribution in [1.29, 1.82) is 0 Å². The molecule has 0 radical (unpaired) electrons. The van der Waals surface area contributed by atoms with Gasteiger partial charge >= 0.3 is 5.69 Å². The molecule has 1 aliphatic rings. The van der Waals surface area contributed by atoms with Crippen molar-refractivity contribution in [3.05, 3.63) is 32.6 Å². The summed E-state index contributed by atoms with van der Waals surface area (Å²) in [5.74, 6) is 1.10. The largest absolute Gasteiger partial charge is 0.396 e. The van der Waals surface area contributed by atoms with E-state index in [0.717, 1.165) is 12.2 Å². The van der Waals surface area contributed by atoms with E-state index in [-0.39, 0.29) is 29.1 Å². The predicted molar refractivity (Wildman–Crippen MR) is 62.7 cm³/mol. The van der Waals surface area contributed by atoms with Crippen molar-refractivity contribution in [2.75, 3.05) is 12.4 Å². The highest BCUT2D eigenvalue weighted by atomic mass is 32.2. The van der Waals surface area contributed by atoms with Crippen LogP contribution in [0.25, 0.3) is 0 Å². The molecule has 1 aliphatic heterocycles. The van der Waals surface area contributed by atoms with Crippen LogP contribution in [0.5, 0.6) is 0 Å². The molecule has 1 saturated heterocycles. The van der Waals surface area contributed by atoms with E-state index >= 15 is 0 Å². The monoisotopic (exact) mass is 242 g/mol. The molecule has 0 amide bonds. The van der Waals surface area contributed by atoms with Gasteiger partial charge in [0.25, 0.3) is 5.56 Å². The van der Waals surface area contributed by atoms with Gasteiger partial charge in [-0.25, -0.2) is 4.79 Å². The van der Waals surface area contributed by atoms with Gasteiger partial charge in [-0.05, 0) is 19.3 Å². The van der Waals surface area contributed by atoms with Gasteiger partial charge in [0, 0.05) is 24.1 Å². The van der Waals surface area contributed by atoms with Crippen LogP contribution in [-0.2, 0) is 0 Å². The van der Waals surface area contributed by atoms with Gasteiger partial charge in [-0.1, -0.05) is 0 Å². The molecule has 16 heavy (non-hydrogen) atoms. The number of aromatic nitrogens is 2. The fourth-order valence-electron chi connectivity index (χ4n) is 1.79. The molecule has 88 valence electrons. The van der Waals surface area contributed by atoms with Gasteiger partial charge in [-0.2, -0.15) is 0 Å². The summed E-state index contributed by atoms with van der Waals surface area (Å²) in [6.07, 6.45) is 2.37. The quantitative estimate of drug-likeness (QED) is 0.770. The first-order chi connectivity index (χ1) is 7.61. The molecule has 1 aromatic rings. The number of aliphatic hydroxyl groups excluding tert-OH is 1. The van der Waals surface area contributed by atoms with E-state index in [4.69, 9.17) is 5.11 Å². The summed E-state index contributed by atoms with van der Waals surface area (Å²) in [6, 6.07) is 0. The Kier molecular flexibility index (Phi) is 3.20. The van der Waals surface area contributed by atoms with Crippen LogP contribution in [0.3, 0.4) is 0 Å². The Hall–Kier alpha value is -1.01. The van der Waals surface area contributed by atoms with E-state index < -0.39 is 0 Å². The van der Waals surface area contributed by atoms with Gasteiger partial charge in [0.2, 0.25) is 0 Å². The molecule has 0 aliphatic carbocycles. The molecule has 2 atom stereocenters. The number of rotatable bonds is 2. The zero-order chi connectivity index (χ0) is 11.7. The number of hydrogen-bond donors (Lipinski definition) is 2. The van der Waals surface area contributed by atoms with Crippen molar-refractivity contribution in [3.8, 4) is 0 Å². The first-order valence-corrected chi connectivity index (χ1v) is 6.21. The molecule has 0 spiro atoms. The number of aliphatic hydroxyl groups is 1. The standard InChI is InChI=1S/C10H14N2O3S/c1-6-3-12(10(15)11-9(6)14)8-2-7(4-13)5-16-8/h3,7-8,13H,2,4-5H2,1H3,(H,11,14,15)/t7-,8+/m1/s1. The summed E-state index contributed by atoms with van der Waals surface area (Å²) < 4.78 is 1.55. The molecule has 2 heterocycles. The van der Waals surface area contributed by atoms with E-state index in [1.165, 1.54) is 0 Å². The molecule has 0 unspecified atom stereocenters. The van der Waals surface area contributed by atoms with Crippen LogP contribution in [0.15, 0.2) is 15.8 Å². The fraction of sp³-hybridized carbons (Fsp3) is 0.600. The van der Waals surface area contributed by atoms with Gasteiger partial charge in [0.15, 0.2) is 0 Å². The summed E-state index contributed by atoms with van der Waals surface area (Å²) in [5, 5.41) is 9.07. The fourth-order valence-corrected chi connectivity index (χ4v) is 3.25. The second-order valence-corrected chi connectivity index (χ2v) is 5.26. The maximum atomic E-state index is 11.6. The SMILES string of the molecule is Cc1cn([C@@H]2C[C@H](CO)CS2)c(=O)[nH]c1=O. The third-order valence-corrected chi connectivity index (χ3v) is 4.24. The zero-order valence-corrected chi connectivity index (χ0v) is 9.79. The van der Waals surface area contributed by atoms with Crippen LogP contribution in [0.4, 0.5) is 0 Å². The molecular formula is C10H14N2O3S. The summed E-state index contributed by atoms with van der Waals surface area (Å²) >= 11 is 1.64. The normalized spacial score (nSPS) is 24.9. The molecular weight excluding hydrogens is 228 g/mol. The lowest BCUT2D eigenvalue weighted by Crippen LogP contribution is -2.32. The maximum absolute atomic E-state index is 11.6. The van der Waals surface area contributed by atoms with Crippen molar-refractivity contribution in [3.63, 3.8) is 0 Å². The zero-order valence-electron chi connectivity index (χ0n) is 8.97. The van der Waals surface area contributed by atoms with E-state index in [0.29, 0.717) is 5.56 Å². The average molecular weight is 242 g/mol. The first-order valence-electron chi connectivity index (χ1n) is 5.16. The number of aromatic amines is 1. The predicted octanol–water partition coefficient (Wildman–Crippen LogP) is 0.0890. The third kappa shape index (κ3) is 2.08. The summed E-state index contributed by atoms with van der Waals surface area (Å²) in [7, 11) is 0. The Morgan fingerprint density at radius 1 is 1.62 bits per heavy atom. The van der Waals surface area contributed by atoms with E-state index in [2.05, 4.69) is 4.98 Å². The smallest absolute Gasteiger partial charge is 0.329 e. The Bertz CT molecular complexity index is 494. The molecule has 5 nitrogen and oxygen atoms in total. The van der Waals surface area contributed by atoms with Crippen LogP contribution >= 0.6 is 11.8 Å². The molecule has 0 saturated carbocycles. The van der Waals surface area contributed by atoms with Crippen LogP contribution < -0.4 is 11.2 Å². The van der Waals surface area contributed by atoms with Crippen LogP contribution in [0.1, 0.15) is 17.4 Å². The summed E-state index contributed by atoms with van der Waals surface area (Å²) in [5.41, 5.74) is -0.165. The van der Waals surface area contributed by atoms with Crippen LogP contribution in [0.2, 0.25) is 0 Å². The van der Waals surface area contributed by atoms with Gasteiger partial charge in [-0.15, -0.1) is 11.8 Å². The molecule has 0 bridgehead atoms. The van der Waals surface area contributed by atoms with Crippen molar-refractivity contribution < 1.29 is 5.11 Å². The van der Waals surface area contributed by atoms with E-state index in [1.807, 2.05) is 0 Å². The van der Waals surface area contributed by atoms with Crippen molar-refractivity contribution in [1.82, 2.24) is 9.55 Å². The number of aryl methyl sites for hydroxylation is 1. The molecule has 6 heteroatoms. The highest BCUT2D eigenvalue weighted by Gasteiger charge is 2.26. The summed E-state index contributed by atoms with van der Waals surface area (Å²) in [6.45, 7) is 1.83. The van der Waals surface area contributed by atoms with Gasteiger partial charge < -0.3 is 5.11 Å². The first kappa shape index (κ1) is 11.5. The number of H-pyrrole nitrogens is 1. The molecule has 2 rings (SSSR count). The second kappa shape index (κ2) is 4.47. The lowest BCUT2D eigenvalue weighted by atomic mass is 10.1. The number of nitrogens with zero attached hydrogens (tertiary/aromatic N) is 1. The van der Waals surface area contributed by atoms with Crippen molar-refractivity contribution >= 4 is 11.8 Å². The highest BCUT2D eigenvalue weighted by Crippen LogP contribution is 2.38. The lowest BCUT2D eigenvalue weighted by Gasteiger charge is -2.12. The average Bonchev–Trinajstić information content (AvgIpc) is 2.71. The number of nitrogens with one attached hydrogen (secondary N) is 1. The van der Waals surface area contributed by atoms with Crippen LogP contribution in [0, 0.1) is 12.8 Å². The Balaban J connectivity index is 2.32. The van der Waals surface area contributed by atoms with Gasteiger partial charge in [0.1, 0.15) is 0 Å². The highest BCUT2D eigenvalue weighted by molar-refractivity contribution is 7.99. The molecule has 0 aromatic carbocycles. The molecule has 1 aromatic heterocycles. The van der Waals surface area contributed by atoms with E-state index in [1.54, 1.807) is 29.4 Å². The number of hydrogen-bond acceptors (Lipinski definition) is 4. The van der Waals surface area contributed by atoms with E-state index in [9.17, 15) is 9.59 Å². The lowest BCUT2D eigenvalue weighted by molar-refractivity contribution is 0.233. The molecule has 1 fully saturated rings. The Labute approximate surface area is 96.5 Å². The number of thioether (sulfide) groups is 1. The minimum absolute atomic E-state index is 0.0280. The topological polar surface area (TPSA) is 75.1 Å². The Morgan fingerprint density at radius 3 is 3.00 bits per heavy atom. The minimum Gasteiger partial charge on any atom is -0.396 e. The Morgan fingerprint density at radius 2 is 2.38 bits per heavy atom. The summed E-state index contributed by atoms with van der Waals surface area (Å²) in [4.78, 5) is 25.1. The van der Waals surface area contributed by atoms with Crippen molar-refractivity contribution in [2.24, 2.45) is 5.92 Å².